The van der Waals surface area contributed by atoms with E-state index < -0.39 is 151 Å². The summed E-state index contributed by atoms with van der Waals surface area (Å²) in [5.41, 5.74) is 41.0. The van der Waals surface area contributed by atoms with Crippen LogP contribution in [0.4, 0.5) is 0 Å². The number of carboxylic acid groups (broad SMARTS) is 1. The number of unbranched alkanes of at least 4 members (excludes halogenated alkanes) is 2. The van der Waals surface area contributed by atoms with Crippen LogP contribution < -0.4 is 98.6 Å². The van der Waals surface area contributed by atoms with Gasteiger partial charge < -0.3 is 114 Å². The Morgan fingerprint density at radius 2 is 0.878 bits per heavy atom. The molecule has 0 aromatic heterocycles. The zero-order chi connectivity index (χ0) is 73.3. The molecule has 0 aliphatic carbocycles. The third-order valence-electron chi connectivity index (χ3n) is 14.8. The Morgan fingerprint density at radius 3 is 1.35 bits per heavy atom. The number of aliphatic carboxylic acids is 1. The van der Waals surface area contributed by atoms with Crippen LogP contribution in [-0.2, 0) is 70.4 Å². The van der Waals surface area contributed by atoms with Crippen molar-refractivity contribution < 1.29 is 72.9 Å². The van der Waals surface area contributed by atoms with Gasteiger partial charge in [-0.3, -0.25) is 67.6 Å². The molecule has 0 heterocycles. The monoisotopic (exact) mass is 1380 g/mol. The van der Waals surface area contributed by atoms with Gasteiger partial charge in [-0.05, 0) is 123 Å². The van der Waals surface area contributed by atoms with Gasteiger partial charge in [0.1, 0.15) is 54.4 Å². The summed E-state index contributed by atoms with van der Waals surface area (Å²) >= 11 is 0. The van der Waals surface area contributed by atoms with Gasteiger partial charge in [0.15, 0.2) is 11.9 Å². The van der Waals surface area contributed by atoms with Gasteiger partial charge in [-0.25, -0.2) is 4.79 Å². The summed E-state index contributed by atoms with van der Waals surface area (Å²) < 4.78 is 0. The van der Waals surface area contributed by atoms with Gasteiger partial charge in [-0.1, -0.05) is 60.7 Å². The third kappa shape index (κ3) is 34.9. The molecular formula is C62H103N21O15. The maximum atomic E-state index is 14.1. The molecule has 28 N–H and O–H groups in total. The molecule has 2 aromatic rings. The number of nitrogens with one attached hydrogen (secondary N) is 11. The van der Waals surface area contributed by atoms with Crippen LogP contribution in [-0.4, -0.2) is 236 Å². The molecule has 0 unspecified atom stereocenters. The molecular weight excluding hydrogens is 1280 g/mol. The SMILES string of the molecule is C[C@H](NC(=O)CNC(=O)[C@@H](NC(=O)[C@H](Cc1ccccc1)NC(=O)CNC(=O)CN(C)C[C@@H](N)Cc1ccccc1)[C@H](C)O)C(=O)N[C@@H](CCCN=C(N)N)C(=O)N[C@@H](CCCCN)C(=O)N[C@@H](CO)C(=O)N[C@@H](C)C(=O)N[C@@H](CCCN=C(N)N)C(=O)N[C@@H](CCCCN)C(=O)O. The first-order valence-electron chi connectivity index (χ1n) is 32.3. The van der Waals surface area contributed by atoms with E-state index in [0.717, 1.165) is 5.56 Å². The maximum Gasteiger partial charge on any atom is 0.326 e. The van der Waals surface area contributed by atoms with Crippen molar-refractivity contribution in [3.05, 3.63) is 71.8 Å². The van der Waals surface area contributed by atoms with Crippen molar-refractivity contribution in [3.63, 3.8) is 0 Å². The number of hydrogen-bond donors (Lipinski definition) is 21. The van der Waals surface area contributed by atoms with Crippen LogP contribution >= 0.6 is 0 Å². The van der Waals surface area contributed by atoms with Crippen LogP contribution in [0, 0.1) is 0 Å². The predicted molar refractivity (Wildman–Crippen MR) is 363 cm³/mol. The molecule has 0 radical (unpaired) electrons. The van der Waals surface area contributed by atoms with Gasteiger partial charge in [0.25, 0.3) is 0 Å². The van der Waals surface area contributed by atoms with E-state index in [2.05, 4.69) is 68.5 Å². The van der Waals surface area contributed by atoms with Gasteiger partial charge in [0.05, 0.1) is 32.3 Å². The smallest absolute Gasteiger partial charge is 0.326 e. The van der Waals surface area contributed by atoms with Crippen LogP contribution in [0.3, 0.4) is 0 Å². The number of carbonyl (C=O) groups excluding carboxylic acids is 11. The lowest BCUT2D eigenvalue weighted by Crippen LogP contribution is -2.60. The minimum atomic E-state index is -1.73. The number of guanidine groups is 2. The van der Waals surface area contributed by atoms with E-state index in [4.69, 9.17) is 40.1 Å². The average Bonchev–Trinajstić information content (AvgIpc) is 0.892. The normalized spacial score (nSPS) is 14.3. The second-order valence-electron chi connectivity index (χ2n) is 23.5. The number of benzene rings is 2. The summed E-state index contributed by atoms with van der Waals surface area (Å²) in [5, 5.41) is 57.6. The Labute approximate surface area is 569 Å². The second-order valence-corrected chi connectivity index (χ2v) is 23.5. The summed E-state index contributed by atoms with van der Waals surface area (Å²) in [4.78, 5) is 170. The van der Waals surface area contributed by atoms with Crippen molar-refractivity contribution in [3.8, 4) is 0 Å². The minimum absolute atomic E-state index is 0.0203. The molecule has 0 bridgehead atoms. The number of hydrogen-bond acceptors (Lipinski definition) is 20. The maximum absolute atomic E-state index is 14.1. The molecule has 36 nitrogen and oxygen atoms in total. The minimum Gasteiger partial charge on any atom is -0.480 e. The lowest BCUT2D eigenvalue weighted by molar-refractivity contribution is -0.142. The summed E-state index contributed by atoms with van der Waals surface area (Å²) in [7, 11) is 1.70. The number of aliphatic hydroxyl groups is 2. The first-order valence-corrected chi connectivity index (χ1v) is 32.3. The number of carboxylic acids is 1. The summed E-state index contributed by atoms with van der Waals surface area (Å²) in [6.45, 7) is 2.13. The number of rotatable bonds is 48. The first-order chi connectivity index (χ1) is 46.5. The van der Waals surface area contributed by atoms with Crippen molar-refractivity contribution in [1.82, 2.24) is 63.4 Å². The van der Waals surface area contributed by atoms with Crippen LogP contribution in [0.25, 0.3) is 0 Å². The van der Waals surface area contributed by atoms with Crippen molar-refractivity contribution in [1.29, 1.82) is 0 Å². The molecule has 0 fully saturated rings. The van der Waals surface area contributed by atoms with Gasteiger partial charge in [-0.15, -0.1) is 0 Å². The van der Waals surface area contributed by atoms with Crippen molar-refractivity contribution >= 4 is 82.9 Å². The zero-order valence-corrected chi connectivity index (χ0v) is 56.1. The summed E-state index contributed by atoms with van der Waals surface area (Å²) in [5.74, 6) is -11.7. The van der Waals surface area contributed by atoms with Crippen molar-refractivity contribution in [2.24, 2.45) is 50.1 Å². The Bertz CT molecular complexity index is 2940. The lowest BCUT2D eigenvalue weighted by atomic mass is 10.0. The summed E-state index contributed by atoms with van der Waals surface area (Å²) in [6.07, 6.45) is 0.387. The van der Waals surface area contributed by atoms with Crippen LogP contribution in [0.15, 0.2) is 70.6 Å². The van der Waals surface area contributed by atoms with Gasteiger partial charge in [0.2, 0.25) is 65.0 Å². The standard InChI is InChI=1S/C62H103N21O15/c1-36(74-48(86)32-73-59(96)51(38(3)85)82-57(94)46(30-40-19-9-6-10-20-40)76-49(87)31-72-50(88)34-83(4)33-41(65)29-39-17-7-5-8-18-39)52(89)77-43(23-15-27-70-61(66)67)54(91)79-42(21-11-13-25-63)56(93)81-47(35-84)58(95)75-37(2)53(90)78-44(24-16-28-71-62(68)69)55(92)80-45(60(97)98)22-12-14-26-64/h5-10,17-20,36-38,41-47,51,84-85H,11-16,21-35,63-65H2,1-4H3,(H,72,88)(H,73,96)(H,74,86)(H,75,95)(H,76,87)(H,77,89)(H,78,90)(H,79,91)(H,80,92)(H,81,93)(H,82,94)(H,97,98)(H4,66,67,70)(H4,68,69,71)/t36-,37-,38-,41-,42-,43-,44-,45-,46-,47-,51-/m0/s1. The Kier molecular flexibility index (Phi) is 40.1. The molecule has 0 saturated heterocycles. The quantitative estimate of drug-likeness (QED) is 0.0166. The van der Waals surface area contributed by atoms with Crippen LogP contribution in [0.1, 0.15) is 96.1 Å². The zero-order valence-electron chi connectivity index (χ0n) is 56.1. The molecule has 0 spiro atoms. The van der Waals surface area contributed by atoms with E-state index in [1.807, 2.05) is 30.3 Å². The molecule has 11 atom stereocenters. The lowest BCUT2D eigenvalue weighted by Gasteiger charge is -2.26. The van der Waals surface area contributed by atoms with E-state index in [1.54, 1.807) is 42.3 Å². The van der Waals surface area contributed by atoms with E-state index >= 15 is 0 Å². The molecule has 0 aliphatic heterocycles. The number of carbonyl (C=O) groups is 12. The molecule has 11 amide bonds. The predicted octanol–water partition coefficient (Wildman–Crippen LogP) is -7.81. The highest BCUT2D eigenvalue weighted by molar-refractivity contribution is 5.98. The van der Waals surface area contributed by atoms with E-state index in [0.29, 0.717) is 44.3 Å². The fraction of sp³-hybridized carbons (Fsp3) is 0.581. The molecule has 0 aliphatic rings. The fourth-order valence-corrected chi connectivity index (χ4v) is 9.57. The summed E-state index contributed by atoms with van der Waals surface area (Å²) in [6, 6.07) is 4.70. The van der Waals surface area contributed by atoms with Gasteiger partial charge in [-0.2, -0.15) is 0 Å². The number of nitrogens with zero attached hydrogens (tertiary/aromatic N) is 3. The third-order valence-corrected chi connectivity index (χ3v) is 14.8. The van der Waals surface area contributed by atoms with Crippen LogP contribution in [0.2, 0.25) is 0 Å². The molecule has 36 heteroatoms. The average molecular weight is 1380 g/mol. The largest absolute Gasteiger partial charge is 0.480 e. The Hall–Kier alpha value is -9.62. The number of likely N-dealkylation sites (N-methyl/N-ethyl adjacent to an activating group) is 1. The number of amides is 11. The molecule has 98 heavy (non-hydrogen) atoms. The number of aliphatic imine (C=N–C) groups is 2. The Balaban J connectivity index is 2.18. The van der Waals surface area contributed by atoms with E-state index in [1.165, 1.54) is 20.8 Å². The Morgan fingerprint density at radius 1 is 0.469 bits per heavy atom. The van der Waals surface area contributed by atoms with Gasteiger partial charge in [0, 0.05) is 32.1 Å². The topological polar surface area (TPSA) is 608 Å². The van der Waals surface area contributed by atoms with Crippen molar-refractivity contribution in [2.75, 3.05) is 66.0 Å². The highest BCUT2D eigenvalue weighted by Crippen LogP contribution is 2.10. The highest BCUT2D eigenvalue weighted by atomic mass is 16.4. The van der Waals surface area contributed by atoms with Gasteiger partial charge >= 0.3 is 5.97 Å². The fourth-order valence-electron chi connectivity index (χ4n) is 9.57. The van der Waals surface area contributed by atoms with Crippen LogP contribution in [0.5, 0.6) is 0 Å². The number of aliphatic hydroxyl groups excluding tert-OH is 2. The van der Waals surface area contributed by atoms with Crippen molar-refractivity contribution in [2.45, 2.75) is 164 Å². The number of nitrogens with two attached hydrogens (primary N) is 7. The van der Waals surface area contributed by atoms with E-state index in [-0.39, 0.29) is 95.5 Å². The van der Waals surface area contributed by atoms with E-state index in [9.17, 15) is 72.9 Å². The molecule has 2 aromatic carbocycles. The molecule has 2 rings (SSSR count). The molecule has 0 saturated carbocycles. The first kappa shape index (κ1) is 84.5. The molecule has 546 valence electrons. The second kappa shape index (κ2) is 46.5. The highest BCUT2D eigenvalue weighted by Gasteiger charge is 2.34.